The highest BCUT2D eigenvalue weighted by Crippen LogP contribution is 2.26. The number of benzene rings is 1. The molecule has 0 saturated carbocycles. The summed E-state index contributed by atoms with van der Waals surface area (Å²) in [6.07, 6.45) is 2.50. The number of piperidine rings is 1. The molecular weight excluding hydrogens is 236 g/mol. The number of hydrogen-bond donors (Lipinski definition) is 1. The second-order valence-corrected chi connectivity index (χ2v) is 5.97. The van der Waals surface area contributed by atoms with E-state index in [1.54, 1.807) is 0 Å². The monoisotopic (exact) mass is 258 g/mol. The summed E-state index contributed by atoms with van der Waals surface area (Å²) in [4.78, 5) is 14.6. The number of likely N-dealkylation sites (tertiary alicyclic amines) is 1. The number of hydrogen-bond acceptors (Lipinski definition) is 2. The summed E-state index contributed by atoms with van der Waals surface area (Å²) in [5, 5.41) is 3.54. The number of carbonyl (C=O) groups excluding carboxylic acids is 1. The number of aryl methyl sites for hydroxylation is 2. The molecule has 1 aromatic carbocycles. The van der Waals surface area contributed by atoms with Gasteiger partial charge in [0, 0.05) is 24.7 Å². The Bertz CT molecular complexity index is 484. The molecule has 0 bridgehead atoms. The number of amides is 1. The third kappa shape index (κ3) is 2.39. The molecule has 0 radical (unpaired) electrons. The Kier molecular flexibility index (Phi) is 3.31. The minimum atomic E-state index is 0.194. The van der Waals surface area contributed by atoms with Crippen LogP contribution in [0.15, 0.2) is 18.2 Å². The molecule has 2 aliphatic heterocycles. The average molecular weight is 258 g/mol. The quantitative estimate of drug-likeness (QED) is 0.837. The Labute approximate surface area is 115 Å². The molecule has 102 valence electrons. The van der Waals surface area contributed by atoms with E-state index in [2.05, 4.69) is 19.2 Å². The highest BCUT2D eigenvalue weighted by Gasteiger charge is 2.36. The summed E-state index contributed by atoms with van der Waals surface area (Å²) >= 11 is 0. The van der Waals surface area contributed by atoms with Gasteiger partial charge in [0.1, 0.15) is 0 Å². The summed E-state index contributed by atoms with van der Waals surface area (Å²) in [7, 11) is 0. The fourth-order valence-electron chi connectivity index (χ4n) is 3.27. The van der Waals surface area contributed by atoms with Crippen molar-refractivity contribution in [2.45, 2.75) is 32.7 Å². The highest BCUT2D eigenvalue weighted by atomic mass is 16.2. The molecule has 2 unspecified atom stereocenters. The molecule has 1 amide bonds. The van der Waals surface area contributed by atoms with E-state index >= 15 is 0 Å². The highest BCUT2D eigenvalue weighted by molar-refractivity contribution is 5.94. The van der Waals surface area contributed by atoms with Crippen LogP contribution in [0.3, 0.4) is 0 Å². The lowest BCUT2D eigenvalue weighted by molar-refractivity contribution is 0.0785. The van der Waals surface area contributed by atoms with Crippen LogP contribution in [0.1, 0.15) is 34.3 Å². The first-order valence-electron chi connectivity index (χ1n) is 7.25. The van der Waals surface area contributed by atoms with Crippen LogP contribution < -0.4 is 5.32 Å². The molecule has 2 fully saturated rings. The Balaban J connectivity index is 1.75. The van der Waals surface area contributed by atoms with Crippen molar-refractivity contribution >= 4 is 5.91 Å². The predicted octanol–water partition coefficient (Wildman–Crippen LogP) is 2.13. The summed E-state index contributed by atoms with van der Waals surface area (Å²) in [6, 6.07) is 6.54. The van der Waals surface area contributed by atoms with Crippen LogP contribution >= 0.6 is 0 Å². The van der Waals surface area contributed by atoms with Gasteiger partial charge in [-0.15, -0.1) is 0 Å². The molecule has 2 saturated heterocycles. The first-order valence-corrected chi connectivity index (χ1v) is 7.25. The SMILES string of the molecule is Cc1ccc(C(=O)N2CC3CCCNC3C2)cc1C. The van der Waals surface area contributed by atoms with Gasteiger partial charge in [-0.25, -0.2) is 0 Å². The van der Waals surface area contributed by atoms with E-state index < -0.39 is 0 Å². The van der Waals surface area contributed by atoms with Gasteiger partial charge in [0.15, 0.2) is 0 Å². The van der Waals surface area contributed by atoms with E-state index in [1.165, 1.54) is 24.0 Å². The minimum Gasteiger partial charge on any atom is -0.337 e. The Morgan fingerprint density at radius 2 is 2.11 bits per heavy atom. The summed E-state index contributed by atoms with van der Waals surface area (Å²) in [6.45, 7) is 7.04. The van der Waals surface area contributed by atoms with Gasteiger partial charge in [-0.3, -0.25) is 4.79 Å². The maximum absolute atomic E-state index is 12.6. The zero-order valence-corrected chi connectivity index (χ0v) is 11.8. The number of rotatable bonds is 1. The summed E-state index contributed by atoms with van der Waals surface area (Å²) < 4.78 is 0. The summed E-state index contributed by atoms with van der Waals surface area (Å²) in [5.74, 6) is 0.851. The molecule has 2 atom stereocenters. The fourth-order valence-corrected chi connectivity index (χ4v) is 3.27. The standard InChI is InChI=1S/C16H22N2O/c1-11-5-6-13(8-12(11)2)16(19)18-9-14-4-3-7-17-15(14)10-18/h5-6,8,14-15,17H,3-4,7,9-10H2,1-2H3. The molecular formula is C16H22N2O. The molecule has 19 heavy (non-hydrogen) atoms. The molecule has 0 spiro atoms. The second-order valence-electron chi connectivity index (χ2n) is 5.97. The lowest BCUT2D eigenvalue weighted by Gasteiger charge is -2.24. The predicted molar refractivity (Wildman–Crippen MR) is 76.3 cm³/mol. The number of carbonyl (C=O) groups is 1. The molecule has 2 aliphatic rings. The lowest BCUT2D eigenvalue weighted by Crippen LogP contribution is -2.41. The normalized spacial score (nSPS) is 26.3. The van der Waals surface area contributed by atoms with Gasteiger partial charge in [0.25, 0.3) is 5.91 Å². The van der Waals surface area contributed by atoms with Crippen molar-refractivity contribution in [3.8, 4) is 0 Å². The molecule has 3 heteroatoms. The van der Waals surface area contributed by atoms with E-state index in [0.717, 1.165) is 25.2 Å². The largest absolute Gasteiger partial charge is 0.337 e. The molecule has 1 N–H and O–H groups in total. The van der Waals surface area contributed by atoms with Crippen LogP contribution in [0.25, 0.3) is 0 Å². The second kappa shape index (κ2) is 4.97. The van der Waals surface area contributed by atoms with Crippen LogP contribution in [0, 0.1) is 19.8 Å². The van der Waals surface area contributed by atoms with Gasteiger partial charge in [0.2, 0.25) is 0 Å². The van der Waals surface area contributed by atoms with Crippen molar-refractivity contribution in [1.29, 1.82) is 0 Å². The van der Waals surface area contributed by atoms with Crippen LogP contribution in [0.2, 0.25) is 0 Å². The van der Waals surface area contributed by atoms with Crippen molar-refractivity contribution in [3.63, 3.8) is 0 Å². The number of nitrogens with zero attached hydrogens (tertiary/aromatic N) is 1. The average Bonchev–Trinajstić information content (AvgIpc) is 2.85. The fraction of sp³-hybridized carbons (Fsp3) is 0.562. The Morgan fingerprint density at radius 1 is 1.26 bits per heavy atom. The van der Waals surface area contributed by atoms with Gasteiger partial charge in [-0.05, 0) is 62.4 Å². The maximum atomic E-state index is 12.6. The van der Waals surface area contributed by atoms with Gasteiger partial charge in [-0.1, -0.05) is 6.07 Å². The third-order valence-corrected chi connectivity index (χ3v) is 4.64. The topological polar surface area (TPSA) is 32.3 Å². The number of fused-ring (bicyclic) bond motifs is 1. The molecule has 0 aliphatic carbocycles. The van der Waals surface area contributed by atoms with E-state index in [0.29, 0.717) is 12.0 Å². The zero-order chi connectivity index (χ0) is 13.4. The molecule has 3 nitrogen and oxygen atoms in total. The van der Waals surface area contributed by atoms with Gasteiger partial charge in [-0.2, -0.15) is 0 Å². The number of nitrogens with one attached hydrogen (secondary N) is 1. The molecule has 2 heterocycles. The van der Waals surface area contributed by atoms with Crippen molar-refractivity contribution in [2.75, 3.05) is 19.6 Å². The van der Waals surface area contributed by atoms with Crippen molar-refractivity contribution < 1.29 is 4.79 Å². The minimum absolute atomic E-state index is 0.194. The smallest absolute Gasteiger partial charge is 0.253 e. The van der Waals surface area contributed by atoms with E-state index in [1.807, 2.05) is 23.1 Å². The van der Waals surface area contributed by atoms with E-state index in [4.69, 9.17) is 0 Å². The zero-order valence-electron chi connectivity index (χ0n) is 11.8. The lowest BCUT2D eigenvalue weighted by atomic mass is 9.94. The van der Waals surface area contributed by atoms with Gasteiger partial charge < -0.3 is 10.2 Å². The molecule has 3 rings (SSSR count). The van der Waals surface area contributed by atoms with Crippen molar-refractivity contribution in [2.24, 2.45) is 5.92 Å². The Hall–Kier alpha value is -1.35. The Morgan fingerprint density at radius 3 is 2.84 bits per heavy atom. The summed E-state index contributed by atoms with van der Waals surface area (Å²) in [5.41, 5.74) is 3.27. The van der Waals surface area contributed by atoms with E-state index in [9.17, 15) is 4.79 Å². The van der Waals surface area contributed by atoms with Crippen LogP contribution in [-0.4, -0.2) is 36.5 Å². The van der Waals surface area contributed by atoms with Crippen molar-refractivity contribution in [3.05, 3.63) is 34.9 Å². The first-order chi connectivity index (χ1) is 9.15. The molecule has 1 aromatic rings. The van der Waals surface area contributed by atoms with Gasteiger partial charge >= 0.3 is 0 Å². The third-order valence-electron chi connectivity index (χ3n) is 4.64. The van der Waals surface area contributed by atoms with Crippen LogP contribution in [-0.2, 0) is 0 Å². The molecule has 0 aromatic heterocycles. The van der Waals surface area contributed by atoms with Crippen LogP contribution in [0.4, 0.5) is 0 Å². The van der Waals surface area contributed by atoms with Gasteiger partial charge in [0.05, 0.1) is 0 Å². The first kappa shape index (κ1) is 12.7. The van der Waals surface area contributed by atoms with Crippen molar-refractivity contribution in [1.82, 2.24) is 10.2 Å². The van der Waals surface area contributed by atoms with Crippen LogP contribution in [0.5, 0.6) is 0 Å². The maximum Gasteiger partial charge on any atom is 0.253 e. The van der Waals surface area contributed by atoms with E-state index in [-0.39, 0.29) is 5.91 Å².